The van der Waals surface area contributed by atoms with E-state index in [4.69, 9.17) is 90.0 Å². The summed E-state index contributed by atoms with van der Waals surface area (Å²) < 4.78 is 110. The lowest BCUT2D eigenvalue weighted by Crippen LogP contribution is -2.16. The van der Waals surface area contributed by atoms with Crippen molar-refractivity contribution in [2.75, 3.05) is 192 Å². The van der Waals surface area contributed by atoms with Crippen molar-refractivity contribution in [1.82, 2.24) is 0 Å². The summed E-state index contributed by atoms with van der Waals surface area (Å²) >= 11 is 0. The normalized spacial score (nSPS) is 18.1. The van der Waals surface area contributed by atoms with Crippen molar-refractivity contribution in [2.45, 2.75) is 6.42 Å². The zero-order valence-corrected chi connectivity index (χ0v) is 44.0. The summed E-state index contributed by atoms with van der Waals surface area (Å²) in [4.78, 5) is 13.3. The van der Waals surface area contributed by atoms with Crippen molar-refractivity contribution in [2.24, 2.45) is 0 Å². The van der Waals surface area contributed by atoms with Crippen LogP contribution in [0.2, 0.25) is 0 Å². The molecule has 4 aromatic carbocycles. The van der Waals surface area contributed by atoms with Crippen LogP contribution in [0.25, 0.3) is 0 Å². The Balaban J connectivity index is 0.951. The summed E-state index contributed by atoms with van der Waals surface area (Å²) in [5, 5.41) is 0. The summed E-state index contributed by atoms with van der Waals surface area (Å²) in [5.74, 6) is 10.4. The Hall–Kier alpha value is -6.09. The molecule has 0 unspecified atom stereocenters. The minimum atomic E-state index is -0.549. The number of rotatable bonds is 3. The van der Waals surface area contributed by atoms with Crippen LogP contribution in [0.15, 0.2) is 84.9 Å². The highest BCUT2D eigenvalue weighted by Crippen LogP contribution is 2.30. The van der Waals surface area contributed by atoms with E-state index in [9.17, 15) is 4.79 Å². The first kappa shape index (κ1) is 60.1. The third-order valence-electron chi connectivity index (χ3n) is 10.6. The first-order valence-electron chi connectivity index (χ1n) is 26.1. The molecule has 5 heterocycles. The number of benzene rings is 4. The maximum Gasteiger partial charge on any atom is 0.338 e. The highest BCUT2D eigenvalue weighted by Gasteiger charge is 2.14. The van der Waals surface area contributed by atoms with Gasteiger partial charge in [0.15, 0.2) is 23.0 Å². The van der Waals surface area contributed by atoms with Crippen LogP contribution >= 0.6 is 0 Å². The van der Waals surface area contributed by atoms with Crippen molar-refractivity contribution >= 4 is 5.97 Å². The lowest BCUT2D eigenvalue weighted by molar-refractivity contribution is 0.00467. The van der Waals surface area contributed by atoms with E-state index in [1.165, 1.54) is 0 Å². The predicted molar refractivity (Wildman–Crippen MR) is 280 cm³/mol. The Morgan fingerprint density at radius 3 is 1.09 bits per heavy atom. The van der Waals surface area contributed by atoms with Crippen LogP contribution < -0.4 is 37.9 Å². The quantitative estimate of drug-likeness (QED) is 0.133. The number of para-hydroxylation sites is 2. The Morgan fingerprint density at radius 2 is 0.662 bits per heavy atom. The van der Waals surface area contributed by atoms with Gasteiger partial charge in [-0.3, -0.25) is 0 Å². The van der Waals surface area contributed by atoms with Gasteiger partial charge in [0, 0.05) is 6.42 Å². The molecule has 9 rings (SSSR count). The molecule has 422 valence electrons. The van der Waals surface area contributed by atoms with Crippen molar-refractivity contribution in [3.8, 4) is 57.8 Å². The summed E-state index contributed by atoms with van der Waals surface area (Å²) in [6, 6.07) is 25.2. The van der Waals surface area contributed by atoms with Crippen molar-refractivity contribution in [3.63, 3.8) is 0 Å². The van der Waals surface area contributed by atoms with Gasteiger partial charge in [-0.15, -0.1) is 0 Å². The molecule has 0 aromatic heterocycles. The Bertz CT molecular complexity index is 2250. The molecule has 5 aliphatic rings. The molecule has 0 radical (unpaired) electrons. The van der Waals surface area contributed by atoms with E-state index < -0.39 is 5.97 Å². The largest absolute Gasteiger partial charge is 0.491 e. The number of esters is 1. The molecule has 0 fully saturated rings. The highest BCUT2D eigenvalue weighted by molar-refractivity contribution is 5.90. The SMILES string of the molecule is O=C(OCCC#Cc1cc2ccc1OCCOCCOCCOCCOc1ccc(cc1)OCCOCCOCCOCCO2)c1ccc2c(c1)OCCOCCOCCOc1ccccc1OCCOCCOCCO2. The van der Waals surface area contributed by atoms with E-state index in [-0.39, 0.29) is 45.0 Å². The van der Waals surface area contributed by atoms with Crippen molar-refractivity contribution in [3.05, 3.63) is 96.1 Å². The fourth-order valence-electron chi connectivity index (χ4n) is 6.88. The summed E-state index contributed by atoms with van der Waals surface area (Å²) in [5.41, 5.74) is 0.871. The lowest BCUT2D eigenvalue weighted by Gasteiger charge is -2.15. The molecule has 0 saturated heterocycles. The molecule has 0 saturated carbocycles. The van der Waals surface area contributed by atoms with Gasteiger partial charge in [-0.2, -0.15) is 0 Å². The third kappa shape index (κ3) is 26.2. The molecule has 0 aliphatic carbocycles. The second-order valence-corrected chi connectivity index (χ2v) is 16.3. The van der Waals surface area contributed by atoms with Gasteiger partial charge in [0.2, 0.25) is 0 Å². The number of fused-ring (bicyclic) bond motifs is 2. The van der Waals surface area contributed by atoms with Gasteiger partial charge < -0.3 is 90.0 Å². The first-order valence-corrected chi connectivity index (χ1v) is 26.1. The second kappa shape index (κ2) is 39.3. The molecule has 0 N–H and O–H groups in total. The fourth-order valence-corrected chi connectivity index (χ4v) is 6.88. The van der Waals surface area contributed by atoms with E-state index in [0.29, 0.717) is 199 Å². The molecule has 20 heteroatoms. The number of hydrogen-bond donors (Lipinski definition) is 0. The van der Waals surface area contributed by atoms with Crippen molar-refractivity contribution in [1.29, 1.82) is 0 Å². The van der Waals surface area contributed by atoms with E-state index in [1.54, 1.807) is 36.4 Å². The first-order chi connectivity index (χ1) is 38.2. The summed E-state index contributed by atoms with van der Waals surface area (Å²) in [6.07, 6.45) is 0.244. The molecule has 77 heavy (non-hydrogen) atoms. The van der Waals surface area contributed by atoms with E-state index >= 15 is 0 Å². The highest BCUT2D eigenvalue weighted by atomic mass is 16.6. The molecule has 0 spiro atoms. The van der Waals surface area contributed by atoms with Gasteiger partial charge in [0.05, 0.1) is 143 Å². The van der Waals surface area contributed by atoms with Crippen LogP contribution in [0.5, 0.6) is 46.0 Å². The van der Waals surface area contributed by atoms with Crippen LogP contribution in [0.3, 0.4) is 0 Å². The zero-order chi connectivity index (χ0) is 53.3. The van der Waals surface area contributed by atoms with Gasteiger partial charge in [-0.1, -0.05) is 24.0 Å². The minimum Gasteiger partial charge on any atom is -0.491 e. The topological polar surface area (TPSA) is 192 Å². The van der Waals surface area contributed by atoms with Crippen LogP contribution in [0.4, 0.5) is 0 Å². The van der Waals surface area contributed by atoms with Crippen LogP contribution in [-0.2, 0) is 52.1 Å². The number of hydrogen-bond acceptors (Lipinski definition) is 20. The number of carbonyl (C=O) groups excluding carboxylic acids is 1. The molecule has 0 atom stereocenters. The average molecular weight is 1080 g/mol. The predicted octanol–water partition coefficient (Wildman–Crippen LogP) is 5.91. The maximum atomic E-state index is 13.3. The van der Waals surface area contributed by atoms with Crippen molar-refractivity contribution < 1.29 is 94.8 Å². The fraction of sp³-hybridized carbons (Fsp3) is 0.526. The van der Waals surface area contributed by atoms with Gasteiger partial charge in [0.1, 0.15) is 82.5 Å². The van der Waals surface area contributed by atoms with E-state index in [2.05, 4.69) is 11.8 Å². The smallest absolute Gasteiger partial charge is 0.338 e. The van der Waals surface area contributed by atoms with Gasteiger partial charge in [0.25, 0.3) is 0 Å². The van der Waals surface area contributed by atoms with Crippen LogP contribution in [-0.4, -0.2) is 198 Å². The lowest BCUT2D eigenvalue weighted by atomic mass is 10.2. The number of carbonyl (C=O) groups is 1. The van der Waals surface area contributed by atoms with E-state index in [0.717, 1.165) is 11.5 Å². The summed E-state index contributed by atoms with van der Waals surface area (Å²) in [6.45, 7) is 10.3. The van der Waals surface area contributed by atoms with Crippen LogP contribution in [0, 0.1) is 11.8 Å². The molecule has 4 bridgehead atoms. The molecule has 0 amide bonds. The van der Waals surface area contributed by atoms with Gasteiger partial charge in [-0.25, -0.2) is 4.79 Å². The second-order valence-electron chi connectivity index (χ2n) is 16.3. The minimum absolute atomic E-state index is 0.0321. The average Bonchev–Trinajstić information content (AvgIpc) is 3.45. The van der Waals surface area contributed by atoms with E-state index in [1.807, 2.05) is 48.5 Å². The molecule has 20 nitrogen and oxygen atoms in total. The molecule has 4 aromatic rings. The zero-order valence-electron chi connectivity index (χ0n) is 44.0. The molecular formula is C57H74O20. The van der Waals surface area contributed by atoms with Crippen LogP contribution in [0.1, 0.15) is 22.3 Å². The number of ether oxygens (including phenoxy) is 19. The Labute approximate surface area is 451 Å². The maximum absolute atomic E-state index is 13.3. The Kier molecular flexibility index (Phi) is 30.7. The van der Waals surface area contributed by atoms with Gasteiger partial charge in [-0.05, 0) is 72.8 Å². The Morgan fingerprint density at radius 1 is 0.338 bits per heavy atom. The molecular weight excluding hydrogens is 1000 g/mol. The third-order valence-corrected chi connectivity index (χ3v) is 10.6. The van der Waals surface area contributed by atoms with Gasteiger partial charge >= 0.3 is 5.97 Å². The summed E-state index contributed by atoms with van der Waals surface area (Å²) in [7, 11) is 0. The molecule has 5 aliphatic heterocycles. The monoisotopic (exact) mass is 1080 g/mol. The standard InChI is InChI=1S/C57H74O20/c58-57(48-8-14-55-56(46-48)76-44-36-68-28-27-66-34-42-74-54-7-2-1-6-53(54)73-41-33-65-25-26-67-35-43-75-55)77-16-4-3-5-47-45-51-13-15-52(47)72-40-32-64-24-20-60-18-22-62-30-38-70-50-11-9-49(10-12-50)69-37-29-61-21-17-59-19-23-63-31-39-71-51/h1-2,6-15,45-46H,4,16-44H2.